The maximum Gasteiger partial charge on any atom is 0.224 e. The van der Waals surface area contributed by atoms with Crippen molar-refractivity contribution in [3.63, 3.8) is 0 Å². The van der Waals surface area contributed by atoms with Crippen LogP contribution < -0.4 is 10.2 Å². The molecule has 1 heterocycles. The molecule has 0 aromatic heterocycles. The fraction of sp³-hybridized carbons (Fsp3) is 0.529. The van der Waals surface area contributed by atoms with Crippen molar-refractivity contribution in [3.05, 3.63) is 24.3 Å². The highest BCUT2D eigenvalue weighted by molar-refractivity contribution is 8.77. The van der Waals surface area contributed by atoms with E-state index in [9.17, 15) is 9.59 Å². The first-order chi connectivity index (χ1) is 11.1. The van der Waals surface area contributed by atoms with Crippen molar-refractivity contribution in [2.45, 2.75) is 44.3 Å². The summed E-state index contributed by atoms with van der Waals surface area (Å²) >= 11 is 0. The van der Waals surface area contributed by atoms with Crippen LogP contribution >= 0.6 is 21.6 Å². The Morgan fingerprint density at radius 2 is 2.00 bits per heavy atom. The number of benzene rings is 1. The fourth-order valence-electron chi connectivity index (χ4n) is 2.40. The standard InChI is InChI=1S/C17H24N2O2S2/c1-13(20)19(2)15-9-7-14(8-10-15)18-17(21)6-4-3-5-16-11-12-22-23-16/h7-10,16H,3-6,11-12H2,1-2H3,(H,18,21). The number of unbranched alkanes of at least 4 members (excludes halogenated alkanes) is 1. The average Bonchev–Trinajstić information content (AvgIpc) is 3.05. The molecular formula is C17H24N2O2S2. The zero-order valence-electron chi connectivity index (χ0n) is 13.7. The Balaban J connectivity index is 1.69. The van der Waals surface area contributed by atoms with E-state index in [0.29, 0.717) is 6.42 Å². The second-order valence-electron chi connectivity index (χ2n) is 5.75. The first-order valence-electron chi connectivity index (χ1n) is 7.99. The molecule has 0 aliphatic carbocycles. The largest absolute Gasteiger partial charge is 0.326 e. The maximum atomic E-state index is 12.0. The van der Waals surface area contributed by atoms with E-state index in [4.69, 9.17) is 0 Å². The summed E-state index contributed by atoms with van der Waals surface area (Å²) in [5.41, 5.74) is 1.60. The Morgan fingerprint density at radius 3 is 2.61 bits per heavy atom. The molecular weight excluding hydrogens is 328 g/mol. The van der Waals surface area contributed by atoms with Gasteiger partial charge in [0.25, 0.3) is 0 Å². The Hall–Kier alpha value is -1.14. The van der Waals surface area contributed by atoms with Gasteiger partial charge < -0.3 is 10.2 Å². The van der Waals surface area contributed by atoms with Gasteiger partial charge in [-0.2, -0.15) is 0 Å². The maximum absolute atomic E-state index is 12.0. The number of anilines is 2. The van der Waals surface area contributed by atoms with Crippen LogP contribution in [0, 0.1) is 0 Å². The van der Waals surface area contributed by atoms with Crippen LogP contribution in [0.15, 0.2) is 24.3 Å². The van der Waals surface area contributed by atoms with Gasteiger partial charge in [0.15, 0.2) is 0 Å². The van der Waals surface area contributed by atoms with Crippen LogP contribution in [0.3, 0.4) is 0 Å². The third-order valence-corrected chi connectivity index (χ3v) is 6.92. The minimum absolute atomic E-state index is 0.0133. The van der Waals surface area contributed by atoms with Gasteiger partial charge in [0.1, 0.15) is 0 Å². The van der Waals surface area contributed by atoms with Gasteiger partial charge in [0.2, 0.25) is 11.8 Å². The highest BCUT2D eigenvalue weighted by Gasteiger charge is 2.15. The molecule has 2 rings (SSSR count). The summed E-state index contributed by atoms with van der Waals surface area (Å²) in [5, 5.41) is 3.70. The smallest absolute Gasteiger partial charge is 0.224 e. The zero-order valence-corrected chi connectivity index (χ0v) is 15.3. The van der Waals surface area contributed by atoms with Crippen molar-refractivity contribution in [2.24, 2.45) is 0 Å². The van der Waals surface area contributed by atoms with Gasteiger partial charge in [0, 0.05) is 42.8 Å². The number of nitrogens with one attached hydrogen (secondary N) is 1. The van der Waals surface area contributed by atoms with Crippen LogP contribution in [0.4, 0.5) is 11.4 Å². The molecule has 0 radical (unpaired) electrons. The number of carbonyl (C=O) groups excluding carboxylic acids is 2. The van der Waals surface area contributed by atoms with Gasteiger partial charge >= 0.3 is 0 Å². The lowest BCUT2D eigenvalue weighted by atomic mass is 10.1. The first-order valence-corrected chi connectivity index (χ1v) is 10.4. The third kappa shape index (κ3) is 6.11. The summed E-state index contributed by atoms with van der Waals surface area (Å²) < 4.78 is 0. The van der Waals surface area contributed by atoms with Crippen molar-refractivity contribution in [1.82, 2.24) is 0 Å². The van der Waals surface area contributed by atoms with E-state index in [-0.39, 0.29) is 11.8 Å². The number of hydrogen-bond donors (Lipinski definition) is 1. The zero-order chi connectivity index (χ0) is 16.7. The van der Waals surface area contributed by atoms with E-state index in [1.807, 2.05) is 45.9 Å². The lowest BCUT2D eigenvalue weighted by Gasteiger charge is -2.15. The van der Waals surface area contributed by atoms with E-state index in [2.05, 4.69) is 5.32 Å². The normalized spacial score (nSPS) is 17.0. The van der Waals surface area contributed by atoms with Crippen molar-refractivity contribution >= 4 is 44.8 Å². The number of carbonyl (C=O) groups is 2. The molecule has 23 heavy (non-hydrogen) atoms. The molecule has 1 N–H and O–H groups in total. The number of amides is 2. The Bertz CT molecular complexity index is 528. The van der Waals surface area contributed by atoms with E-state index in [0.717, 1.165) is 29.5 Å². The van der Waals surface area contributed by atoms with Gasteiger partial charge in [-0.25, -0.2) is 0 Å². The third-order valence-electron chi connectivity index (χ3n) is 3.92. The lowest BCUT2D eigenvalue weighted by Crippen LogP contribution is -2.22. The monoisotopic (exact) mass is 352 g/mol. The van der Waals surface area contributed by atoms with Gasteiger partial charge in [-0.3, -0.25) is 9.59 Å². The van der Waals surface area contributed by atoms with Crippen LogP contribution in [-0.4, -0.2) is 29.9 Å². The molecule has 0 bridgehead atoms. The molecule has 1 saturated heterocycles. The summed E-state index contributed by atoms with van der Waals surface area (Å²) in [4.78, 5) is 24.8. The molecule has 6 heteroatoms. The van der Waals surface area contributed by atoms with E-state index in [1.54, 1.807) is 11.9 Å². The molecule has 2 amide bonds. The fourth-order valence-corrected chi connectivity index (χ4v) is 5.42. The van der Waals surface area contributed by atoms with Crippen LogP contribution in [0.25, 0.3) is 0 Å². The predicted octanol–water partition coefficient (Wildman–Crippen LogP) is 4.32. The van der Waals surface area contributed by atoms with Crippen LogP contribution in [-0.2, 0) is 9.59 Å². The van der Waals surface area contributed by atoms with Gasteiger partial charge in [0.05, 0.1) is 0 Å². The molecule has 1 aliphatic heterocycles. The quantitative estimate of drug-likeness (QED) is 0.586. The molecule has 126 valence electrons. The lowest BCUT2D eigenvalue weighted by molar-refractivity contribution is -0.117. The van der Waals surface area contributed by atoms with E-state index >= 15 is 0 Å². The van der Waals surface area contributed by atoms with Crippen LogP contribution in [0.1, 0.15) is 39.0 Å². The molecule has 1 aromatic carbocycles. The Morgan fingerprint density at radius 1 is 1.26 bits per heavy atom. The highest BCUT2D eigenvalue weighted by Crippen LogP contribution is 2.39. The van der Waals surface area contributed by atoms with Crippen LogP contribution in [0.5, 0.6) is 0 Å². The SMILES string of the molecule is CC(=O)N(C)c1ccc(NC(=O)CCCCC2CCSS2)cc1. The number of rotatable bonds is 7. The molecule has 1 unspecified atom stereocenters. The second-order valence-corrected chi connectivity index (χ2v) is 8.54. The van der Waals surface area contributed by atoms with E-state index in [1.165, 1.54) is 25.5 Å². The average molecular weight is 353 g/mol. The van der Waals surface area contributed by atoms with E-state index < -0.39 is 0 Å². The van der Waals surface area contributed by atoms with Crippen LogP contribution in [0.2, 0.25) is 0 Å². The highest BCUT2D eigenvalue weighted by atomic mass is 33.1. The Kier molecular flexibility index (Phi) is 7.30. The topological polar surface area (TPSA) is 49.4 Å². The molecule has 0 spiro atoms. The summed E-state index contributed by atoms with van der Waals surface area (Å²) in [5.74, 6) is 1.32. The molecule has 1 aliphatic rings. The van der Waals surface area contributed by atoms with Gasteiger partial charge in [-0.1, -0.05) is 28.0 Å². The Labute approximate surface area is 146 Å². The van der Waals surface area contributed by atoms with Crippen molar-refractivity contribution < 1.29 is 9.59 Å². The summed E-state index contributed by atoms with van der Waals surface area (Å²) in [6, 6.07) is 7.34. The van der Waals surface area contributed by atoms with Crippen molar-refractivity contribution in [3.8, 4) is 0 Å². The predicted molar refractivity (Wildman–Crippen MR) is 101 cm³/mol. The molecule has 1 fully saturated rings. The molecule has 1 aromatic rings. The summed E-state index contributed by atoms with van der Waals surface area (Å²) in [6.07, 6.45) is 5.16. The van der Waals surface area contributed by atoms with Crippen molar-refractivity contribution in [1.29, 1.82) is 0 Å². The number of nitrogens with zero attached hydrogens (tertiary/aromatic N) is 1. The summed E-state index contributed by atoms with van der Waals surface area (Å²) in [6.45, 7) is 1.53. The van der Waals surface area contributed by atoms with Gasteiger partial charge in [-0.15, -0.1) is 0 Å². The van der Waals surface area contributed by atoms with Crippen molar-refractivity contribution in [2.75, 3.05) is 23.0 Å². The molecule has 0 saturated carbocycles. The molecule has 1 atom stereocenters. The first kappa shape index (κ1) is 18.2. The minimum atomic E-state index is -0.0133. The van der Waals surface area contributed by atoms with Gasteiger partial charge in [-0.05, 0) is 43.5 Å². The summed E-state index contributed by atoms with van der Waals surface area (Å²) in [7, 11) is 5.70. The second kappa shape index (κ2) is 9.23. The number of hydrogen-bond acceptors (Lipinski definition) is 4. The minimum Gasteiger partial charge on any atom is -0.326 e. The molecule has 4 nitrogen and oxygen atoms in total.